The van der Waals surface area contributed by atoms with Crippen LogP contribution in [0.2, 0.25) is 0 Å². The number of pyridine rings is 1. The molecule has 0 aliphatic carbocycles. The van der Waals surface area contributed by atoms with Gasteiger partial charge < -0.3 is 16.2 Å². The van der Waals surface area contributed by atoms with E-state index in [1.54, 1.807) is 19.1 Å². The molecule has 0 radical (unpaired) electrons. The Kier molecular flexibility index (Phi) is 3.89. The topological polar surface area (TPSA) is 95.0 Å². The van der Waals surface area contributed by atoms with Gasteiger partial charge in [0.15, 0.2) is 5.69 Å². The summed E-state index contributed by atoms with van der Waals surface area (Å²) in [5.74, 6) is 0.599. The molecule has 4 N–H and O–H groups in total. The molecule has 1 aromatic rings. The van der Waals surface area contributed by atoms with Crippen LogP contribution >= 0.6 is 0 Å². The summed E-state index contributed by atoms with van der Waals surface area (Å²) >= 11 is 0. The van der Waals surface area contributed by atoms with Crippen molar-refractivity contribution in [2.45, 2.75) is 19.4 Å². The number of nitrogens with two attached hydrogens (primary N) is 1. The summed E-state index contributed by atoms with van der Waals surface area (Å²) in [6.07, 6.45) is 0.287. The van der Waals surface area contributed by atoms with Crippen LogP contribution in [0, 0.1) is 11.3 Å². The first-order valence-electron chi connectivity index (χ1n) is 4.72. The average molecular weight is 206 g/mol. The van der Waals surface area contributed by atoms with Crippen molar-refractivity contribution in [1.82, 2.24) is 4.98 Å². The van der Waals surface area contributed by atoms with Gasteiger partial charge in [-0.1, -0.05) is 0 Å². The summed E-state index contributed by atoms with van der Waals surface area (Å²) in [4.78, 5) is 4.01. The second-order valence-electron chi connectivity index (χ2n) is 3.31. The van der Waals surface area contributed by atoms with Crippen LogP contribution in [0.15, 0.2) is 12.1 Å². The highest BCUT2D eigenvalue weighted by Crippen LogP contribution is 2.11. The number of nitriles is 1. The van der Waals surface area contributed by atoms with Gasteiger partial charge in [-0.3, -0.25) is 0 Å². The summed E-state index contributed by atoms with van der Waals surface area (Å²) in [7, 11) is 0. The van der Waals surface area contributed by atoms with Crippen molar-refractivity contribution in [3.8, 4) is 6.07 Å². The maximum absolute atomic E-state index is 9.04. The van der Waals surface area contributed by atoms with E-state index in [4.69, 9.17) is 16.1 Å². The number of hydrogen-bond acceptors (Lipinski definition) is 5. The zero-order valence-electron chi connectivity index (χ0n) is 8.57. The third-order valence-electron chi connectivity index (χ3n) is 1.90. The predicted octanol–water partition coefficient (Wildman–Crippen LogP) is 0.718. The molecule has 0 amide bonds. The molecule has 1 heterocycles. The van der Waals surface area contributed by atoms with Crippen molar-refractivity contribution >= 4 is 11.5 Å². The number of aliphatic hydroxyl groups excluding tert-OH is 1. The standard InChI is InChI=1S/C10H14N4O/c1-7(15)4-5-13-10-3-2-8(12)9(6-11)14-10/h2-3,7,15H,4-5,12H2,1H3,(H,13,14). The first kappa shape index (κ1) is 11.3. The molecule has 1 unspecified atom stereocenters. The Bertz CT molecular complexity index is 370. The monoisotopic (exact) mass is 206 g/mol. The van der Waals surface area contributed by atoms with Gasteiger partial charge in [0.25, 0.3) is 0 Å². The SMILES string of the molecule is CC(O)CCNc1ccc(N)c(C#N)n1. The third kappa shape index (κ3) is 3.44. The van der Waals surface area contributed by atoms with Gasteiger partial charge in [0.05, 0.1) is 11.8 Å². The van der Waals surface area contributed by atoms with Crippen LogP contribution in [0.4, 0.5) is 11.5 Å². The van der Waals surface area contributed by atoms with E-state index in [2.05, 4.69) is 10.3 Å². The lowest BCUT2D eigenvalue weighted by atomic mass is 10.3. The maximum atomic E-state index is 9.04. The fourth-order valence-electron chi connectivity index (χ4n) is 1.07. The van der Waals surface area contributed by atoms with Gasteiger partial charge >= 0.3 is 0 Å². The Morgan fingerprint density at radius 1 is 1.67 bits per heavy atom. The van der Waals surface area contributed by atoms with Crippen molar-refractivity contribution < 1.29 is 5.11 Å². The predicted molar refractivity (Wildman–Crippen MR) is 58.2 cm³/mol. The van der Waals surface area contributed by atoms with Crippen LogP contribution in [0.5, 0.6) is 0 Å². The molecular formula is C10H14N4O. The van der Waals surface area contributed by atoms with E-state index in [1.807, 2.05) is 6.07 Å². The van der Waals surface area contributed by atoms with E-state index >= 15 is 0 Å². The van der Waals surface area contributed by atoms with Crippen LogP contribution in [-0.2, 0) is 0 Å². The number of aliphatic hydroxyl groups is 1. The number of nitrogen functional groups attached to an aromatic ring is 1. The van der Waals surface area contributed by atoms with Gasteiger partial charge in [0, 0.05) is 6.54 Å². The lowest BCUT2D eigenvalue weighted by Gasteiger charge is -2.07. The van der Waals surface area contributed by atoms with Crippen LogP contribution in [0.1, 0.15) is 19.0 Å². The maximum Gasteiger partial charge on any atom is 0.165 e. The Morgan fingerprint density at radius 2 is 2.40 bits per heavy atom. The van der Waals surface area contributed by atoms with Crippen molar-refractivity contribution in [1.29, 1.82) is 5.26 Å². The summed E-state index contributed by atoms with van der Waals surface area (Å²) in [6.45, 7) is 2.33. The molecule has 15 heavy (non-hydrogen) atoms. The highest BCUT2D eigenvalue weighted by molar-refractivity contribution is 5.54. The molecule has 5 heteroatoms. The van der Waals surface area contributed by atoms with Gasteiger partial charge in [-0.15, -0.1) is 0 Å². The zero-order chi connectivity index (χ0) is 11.3. The van der Waals surface area contributed by atoms with Gasteiger partial charge in [0.1, 0.15) is 11.9 Å². The molecule has 1 rings (SSSR count). The first-order chi connectivity index (χ1) is 7.13. The molecule has 0 aromatic carbocycles. The van der Waals surface area contributed by atoms with E-state index in [-0.39, 0.29) is 11.8 Å². The van der Waals surface area contributed by atoms with E-state index in [9.17, 15) is 0 Å². The van der Waals surface area contributed by atoms with Crippen LogP contribution in [0.25, 0.3) is 0 Å². The van der Waals surface area contributed by atoms with E-state index in [1.165, 1.54) is 0 Å². The molecule has 0 aliphatic rings. The molecule has 0 saturated carbocycles. The molecule has 0 bridgehead atoms. The van der Waals surface area contributed by atoms with Crippen LogP contribution in [0.3, 0.4) is 0 Å². The molecule has 0 saturated heterocycles. The minimum atomic E-state index is -0.346. The Morgan fingerprint density at radius 3 is 3.00 bits per heavy atom. The lowest BCUT2D eigenvalue weighted by Crippen LogP contribution is -2.11. The molecule has 5 nitrogen and oxygen atoms in total. The summed E-state index contributed by atoms with van der Waals surface area (Å²) in [5, 5.41) is 20.7. The fourth-order valence-corrected chi connectivity index (χ4v) is 1.07. The lowest BCUT2D eigenvalue weighted by molar-refractivity contribution is 0.188. The quantitative estimate of drug-likeness (QED) is 0.674. The molecule has 1 aromatic heterocycles. The number of anilines is 2. The van der Waals surface area contributed by atoms with Gasteiger partial charge in [-0.05, 0) is 25.5 Å². The number of rotatable bonds is 4. The molecule has 0 spiro atoms. The molecule has 0 aliphatic heterocycles. The second kappa shape index (κ2) is 5.17. The number of hydrogen-bond donors (Lipinski definition) is 3. The van der Waals surface area contributed by atoms with Crippen LogP contribution in [-0.4, -0.2) is 22.7 Å². The molecule has 80 valence electrons. The third-order valence-corrected chi connectivity index (χ3v) is 1.90. The Labute approximate surface area is 88.6 Å². The molecule has 1 atom stereocenters. The summed E-state index contributed by atoms with van der Waals surface area (Å²) in [6, 6.07) is 5.25. The summed E-state index contributed by atoms with van der Waals surface area (Å²) in [5.41, 5.74) is 6.12. The fraction of sp³-hybridized carbons (Fsp3) is 0.400. The highest BCUT2D eigenvalue weighted by atomic mass is 16.3. The number of nitrogens with zero attached hydrogens (tertiary/aromatic N) is 2. The molecular weight excluding hydrogens is 192 g/mol. The van der Waals surface area contributed by atoms with Crippen molar-refractivity contribution in [3.05, 3.63) is 17.8 Å². The van der Waals surface area contributed by atoms with E-state index in [0.717, 1.165) is 0 Å². The average Bonchev–Trinajstić information content (AvgIpc) is 2.20. The van der Waals surface area contributed by atoms with Gasteiger partial charge in [0.2, 0.25) is 0 Å². The van der Waals surface area contributed by atoms with Crippen molar-refractivity contribution in [2.75, 3.05) is 17.6 Å². The van der Waals surface area contributed by atoms with E-state index < -0.39 is 0 Å². The van der Waals surface area contributed by atoms with Gasteiger partial charge in [-0.25, -0.2) is 4.98 Å². The minimum Gasteiger partial charge on any atom is -0.396 e. The normalized spacial score (nSPS) is 11.8. The van der Waals surface area contributed by atoms with Crippen molar-refractivity contribution in [2.24, 2.45) is 0 Å². The van der Waals surface area contributed by atoms with Crippen molar-refractivity contribution in [3.63, 3.8) is 0 Å². The number of aromatic nitrogens is 1. The second-order valence-corrected chi connectivity index (χ2v) is 3.31. The van der Waals surface area contributed by atoms with Gasteiger partial charge in [-0.2, -0.15) is 5.26 Å². The minimum absolute atomic E-state index is 0.219. The largest absolute Gasteiger partial charge is 0.396 e. The first-order valence-corrected chi connectivity index (χ1v) is 4.72. The van der Waals surface area contributed by atoms with Crippen LogP contribution < -0.4 is 11.1 Å². The van der Waals surface area contributed by atoms with E-state index in [0.29, 0.717) is 24.5 Å². The summed E-state index contributed by atoms with van der Waals surface area (Å²) < 4.78 is 0. The Hall–Kier alpha value is -1.80. The number of nitrogens with one attached hydrogen (secondary N) is 1. The Balaban J connectivity index is 2.60. The zero-order valence-corrected chi connectivity index (χ0v) is 8.57. The smallest absolute Gasteiger partial charge is 0.165 e. The molecule has 0 fully saturated rings. The highest BCUT2D eigenvalue weighted by Gasteiger charge is 2.02.